The number of nitrogen functional groups attached to an aromatic ring is 1. The maximum atomic E-state index is 11.9. The first kappa shape index (κ1) is 14.8. The number of nitrogens with zero attached hydrogens (tertiary/aromatic N) is 1. The lowest BCUT2D eigenvalue weighted by atomic mass is 10.1. The van der Waals surface area contributed by atoms with Gasteiger partial charge in [-0.2, -0.15) is 0 Å². The quantitative estimate of drug-likeness (QED) is 0.656. The summed E-state index contributed by atoms with van der Waals surface area (Å²) in [5.74, 6) is 0.201. The third-order valence-electron chi connectivity index (χ3n) is 3.35. The van der Waals surface area contributed by atoms with Crippen molar-refractivity contribution in [3.8, 4) is 5.75 Å². The van der Waals surface area contributed by atoms with Gasteiger partial charge in [0.15, 0.2) is 0 Å². The molecule has 0 saturated heterocycles. The van der Waals surface area contributed by atoms with Gasteiger partial charge in [-0.3, -0.25) is 4.99 Å². The lowest BCUT2D eigenvalue weighted by Crippen LogP contribution is -2.13. The molecule has 2 rings (SSSR count). The summed E-state index contributed by atoms with van der Waals surface area (Å²) < 4.78 is 4.99. The van der Waals surface area contributed by atoms with Crippen molar-refractivity contribution in [1.29, 1.82) is 0 Å². The van der Waals surface area contributed by atoms with Crippen molar-refractivity contribution in [2.75, 3.05) is 5.73 Å². The molecule has 0 atom stereocenters. The number of aryl methyl sites for hydroxylation is 3. The predicted molar refractivity (Wildman–Crippen MR) is 83.6 cm³/mol. The van der Waals surface area contributed by atoms with E-state index in [0.29, 0.717) is 22.8 Å². The number of benzene rings is 1. The molecule has 2 aromatic rings. The fraction of sp³-hybridized carbons (Fsp3) is 0.250. The first-order chi connectivity index (χ1) is 9.79. The summed E-state index contributed by atoms with van der Waals surface area (Å²) in [6.07, 6.45) is 0. The van der Waals surface area contributed by atoms with Gasteiger partial charge < -0.3 is 15.3 Å². The van der Waals surface area contributed by atoms with Crippen LogP contribution in [0.3, 0.4) is 0 Å². The van der Waals surface area contributed by atoms with Crippen molar-refractivity contribution < 1.29 is 9.52 Å². The first-order valence-electron chi connectivity index (χ1n) is 6.55. The van der Waals surface area contributed by atoms with E-state index in [2.05, 4.69) is 4.99 Å². The highest BCUT2D eigenvalue weighted by atomic mass is 16.4. The van der Waals surface area contributed by atoms with E-state index in [1.165, 1.54) is 6.07 Å². The van der Waals surface area contributed by atoms with E-state index in [1.807, 2.05) is 26.0 Å². The van der Waals surface area contributed by atoms with Crippen LogP contribution < -0.4 is 11.4 Å². The molecule has 0 aliphatic heterocycles. The molecule has 0 fully saturated rings. The summed E-state index contributed by atoms with van der Waals surface area (Å²) in [7, 11) is 0. The van der Waals surface area contributed by atoms with Crippen LogP contribution in [0.25, 0.3) is 0 Å². The van der Waals surface area contributed by atoms with Crippen molar-refractivity contribution in [3.05, 3.63) is 51.1 Å². The van der Waals surface area contributed by atoms with E-state index in [1.54, 1.807) is 13.8 Å². The van der Waals surface area contributed by atoms with Gasteiger partial charge in [0.1, 0.15) is 17.1 Å². The van der Waals surface area contributed by atoms with E-state index >= 15 is 0 Å². The summed E-state index contributed by atoms with van der Waals surface area (Å²) in [5.41, 5.74) is 8.95. The number of aromatic hydroxyl groups is 1. The molecule has 1 heterocycles. The van der Waals surface area contributed by atoms with E-state index in [9.17, 15) is 9.90 Å². The normalized spacial score (nSPS) is 11.7. The van der Waals surface area contributed by atoms with Crippen molar-refractivity contribution in [1.82, 2.24) is 0 Å². The second-order valence-electron chi connectivity index (χ2n) is 5.10. The van der Waals surface area contributed by atoms with E-state index < -0.39 is 5.63 Å². The molecule has 0 radical (unpaired) electrons. The van der Waals surface area contributed by atoms with Gasteiger partial charge in [-0.25, -0.2) is 4.79 Å². The molecule has 5 nitrogen and oxygen atoms in total. The zero-order valence-electron chi connectivity index (χ0n) is 12.5. The average Bonchev–Trinajstić information content (AvgIpc) is 2.34. The molecule has 110 valence electrons. The van der Waals surface area contributed by atoms with Gasteiger partial charge in [0.05, 0.1) is 17.1 Å². The zero-order valence-corrected chi connectivity index (χ0v) is 12.5. The van der Waals surface area contributed by atoms with Gasteiger partial charge in [-0.05, 0) is 51.0 Å². The van der Waals surface area contributed by atoms with Gasteiger partial charge in [0.2, 0.25) is 0 Å². The van der Waals surface area contributed by atoms with E-state index in [0.717, 1.165) is 11.1 Å². The highest BCUT2D eigenvalue weighted by Gasteiger charge is 2.13. The Morgan fingerprint density at radius 3 is 2.43 bits per heavy atom. The van der Waals surface area contributed by atoms with Gasteiger partial charge in [0.25, 0.3) is 0 Å². The largest absolute Gasteiger partial charge is 0.507 e. The number of rotatable bonds is 2. The molecule has 0 saturated carbocycles. The number of anilines is 1. The number of hydrogen-bond donors (Lipinski definition) is 2. The predicted octanol–water partition coefficient (Wildman–Crippen LogP) is 2.99. The fourth-order valence-electron chi connectivity index (χ4n) is 2.09. The molecule has 3 N–H and O–H groups in total. The summed E-state index contributed by atoms with van der Waals surface area (Å²) in [6, 6.07) is 5.07. The summed E-state index contributed by atoms with van der Waals surface area (Å²) in [4.78, 5) is 16.2. The van der Waals surface area contributed by atoms with Crippen LogP contribution in [0.15, 0.2) is 32.4 Å². The first-order valence-corrected chi connectivity index (χ1v) is 6.55. The van der Waals surface area contributed by atoms with Crippen molar-refractivity contribution in [2.45, 2.75) is 27.7 Å². The molecule has 0 aliphatic rings. The fourth-order valence-corrected chi connectivity index (χ4v) is 2.09. The van der Waals surface area contributed by atoms with Crippen LogP contribution in [-0.2, 0) is 0 Å². The SMILES string of the molecule is CC(=Nc1cc(C)c(C)cc1N)c1c(O)cc(C)oc1=O. The summed E-state index contributed by atoms with van der Waals surface area (Å²) in [6.45, 7) is 7.15. The van der Waals surface area contributed by atoms with Crippen LogP contribution in [-0.4, -0.2) is 10.8 Å². The summed E-state index contributed by atoms with van der Waals surface area (Å²) in [5, 5.41) is 9.92. The Bertz CT molecular complexity index is 789. The molecule has 0 bridgehead atoms. The maximum absolute atomic E-state index is 11.9. The minimum Gasteiger partial charge on any atom is -0.507 e. The lowest BCUT2D eigenvalue weighted by molar-refractivity contribution is 0.432. The van der Waals surface area contributed by atoms with Gasteiger partial charge >= 0.3 is 5.63 Å². The van der Waals surface area contributed by atoms with E-state index in [4.69, 9.17) is 10.2 Å². The second kappa shape index (κ2) is 5.44. The maximum Gasteiger partial charge on any atom is 0.348 e. The van der Waals surface area contributed by atoms with Crippen LogP contribution in [0, 0.1) is 20.8 Å². The van der Waals surface area contributed by atoms with Crippen LogP contribution in [0.1, 0.15) is 29.4 Å². The lowest BCUT2D eigenvalue weighted by Gasteiger charge is -2.08. The topological polar surface area (TPSA) is 88.8 Å². The highest BCUT2D eigenvalue weighted by Crippen LogP contribution is 2.27. The van der Waals surface area contributed by atoms with Crippen LogP contribution in [0.5, 0.6) is 5.75 Å². The van der Waals surface area contributed by atoms with Crippen LogP contribution >= 0.6 is 0 Å². The summed E-state index contributed by atoms with van der Waals surface area (Å²) >= 11 is 0. The second-order valence-corrected chi connectivity index (χ2v) is 5.10. The molecule has 21 heavy (non-hydrogen) atoms. The minimum absolute atomic E-state index is 0.0539. The smallest absolute Gasteiger partial charge is 0.348 e. The molecular weight excluding hydrogens is 268 g/mol. The molecule has 5 heteroatoms. The van der Waals surface area contributed by atoms with E-state index in [-0.39, 0.29) is 11.3 Å². The average molecular weight is 286 g/mol. The zero-order chi connectivity index (χ0) is 15.7. The number of hydrogen-bond acceptors (Lipinski definition) is 5. The Balaban J connectivity index is 2.57. The Morgan fingerprint density at radius 2 is 1.81 bits per heavy atom. The van der Waals surface area contributed by atoms with Crippen molar-refractivity contribution >= 4 is 17.1 Å². The molecule has 1 aromatic heterocycles. The number of aliphatic imine (C=N–C) groups is 1. The Kier molecular flexibility index (Phi) is 3.84. The molecule has 1 aromatic carbocycles. The molecule has 0 amide bonds. The van der Waals surface area contributed by atoms with Crippen molar-refractivity contribution in [2.24, 2.45) is 4.99 Å². The van der Waals surface area contributed by atoms with Gasteiger partial charge in [0, 0.05) is 6.07 Å². The highest BCUT2D eigenvalue weighted by molar-refractivity contribution is 6.02. The minimum atomic E-state index is -0.615. The van der Waals surface area contributed by atoms with Gasteiger partial charge in [-0.1, -0.05) is 0 Å². The number of nitrogens with two attached hydrogens (primary N) is 1. The molecule has 0 spiro atoms. The Morgan fingerprint density at radius 1 is 1.19 bits per heavy atom. The molecular formula is C16H18N2O3. The molecule has 0 aliphatic carbocycles. The van der Waals surface area contributed by atoms with Crippen molar-refractivity contribution in [3.63, 3.8) is 0 Å². The van der Waals surface area contributed by atoms with Crippen LogP contribution in [0.4, 0.5) is 11.4 Å². The third kappa shape index (κ3) is 2.97. The Labute approximate surface area is 122 Å². The van der Waals surface area contributed by atoms with Gasteiger partial charge in [-0.15, -0.1) is 0 Å². The molecule has 0 unspecified atom stereocenters. The standard InChI is InChI=1S/C16H18N2O3/c1-8-5-12(17)13(6-9(8)2)18-11(4)15-14(19)7-10(3)21-16(15)20/h5-7,19H,17H2,1-4H3. The monoisotopic (exact) mass is 286 g/mol. The Hall–Kier alpha value is -2.56. The third-order valence-corrected chi connectivity index (χ3v) is 3.35. The van der Waals surface area contributed by atoms with Crippen LogP contribution in [0.2, 0.25) is 0 Å².